The van der Waals surface area contributed by atoms with Crippen LogP contribution in [0, 0.1) is 10.8 Å². The van der Waals surface area contributed by atoms with Crippen LogP contribution in [-0.2, 0) is 5.54 Å². The van der Waals surface area contributed by atoms with Gasteiger partial charge in [-0.25, -0.2) is 9.59 Å². The Labute approximate surface area is 407 Å². The van der Waals surface area contributed by atoms with Crippen LogP contribution in [0.2, 0.25) is 0 Å². The Hall–Kier alpha value is -8.08. The largest absolute Gasteiger partial charge is 0.506 e. The van der Waals surface area contributed by atoms with E-state index in [9.17, 15) is 58.8 Å². The third kappa shape index (κ3) is 8.55. The number of furan rings is 1. The minimum Gasteiger partial charge on any atom is -0.506 e. The molecule has 0 radical (unpaired) electrons. The Morgan fingerprint density at radius 2 is 0.681 bits per heavy atom. The van der Waals surface area contributed by atoms with Gasteiger partial charge in [-0.1, -0.05) is 90.1 Å². The topological polar surface area (TPSA) is 293 Å². The minimum absolute atomic E-state index is 0. The molecule has 10 aromatic rings. The molecule has 0 saturated heterocycles. The molecule has 0 aliphatic heterocycles. The van der Waals surface area contributed by atoms with E-state index in [1.807, 2.05) is 34.6 Å². The predicted molar refractivity (Wildman–Crippen MR) is 284 cm³/mol. The van der Waals surface area contributed by atoms with Crippen LogP contribution in [0.15, 0.2) is 116 Å². The van der Waals surface area contributed by atoms with Crippen molar-refractivity contribution < 1.29 is 30.3 Å². The second-order valence-electron chi connectivity index (χ2n) is 22.1. The lowest BCUT2D eigenvalue weighted by Gasteiger charge is -2.32. The van der Waals surface area contributed by atoms with Gasteiger partial charge in [0, 0.05) is 54.2 Å². The van der Waals surface area contributed by atoms with Crippen LogP contribution in [0.1, 0.15) is 82.1 Å². The number of aromatic hydroxyl groups is 4. The number of nitrogens with two attached hydrogens (primary N) is 1. The zero-order valence-corrected chi connectivity index (χ0v) is 41.3. The van der Waals surface area contributed by atoms with Crippen molar-refractivity contribution in [1.82, 2.24) is 4.57 Å². The molecule has 2 aromatic heterocycles. The smallest absolute Gasteiger partial charge is 0.346 e. The zero-order chi connectivity index (χ0) is 52.3. The molecule has 0 saturated carbocycles. The van der Waals surface area contributed by atoms with Gasteiger partial charge in [0.15, 0.2) is 21.7 Å². The molecule has 10 rings (SSSR count). The molecule has 0 unspecified atom stereocenters. The van der Waals surface area contributed by atoms with Crippen molar-refractivity contribution in [2.24, 2.45) is 16.6 Å². The minimum atomic E-state index is -0.888. The van der Waals surface area contributed by atoms with E-state index in [0.29, 0.717) is 11.8 Å². The molecule has 72 heavy (non-hydrogen) atoms. The third-order valence-electron chi connectivity index (χ3n) is 12.6. The fourth-order valence-electron chi connectivity index (χ4n) is 10.7. The van der Waals surface area contributed by atoms with Crippen molar-refractivity contribution in [3.8, 4) is 23.0 Å². The summed E-state index contributed by atoms with van der Waals surface area (Å²) in [6.07, 6.45) is 1.62. The highest BCUT2D eigenvalue weighted by Gasteiger charge is 2.33. The molecule has 0 aliphatic carbocycles. The van der Waals surface area contributed by atoms with Gasteiger partial charge in [0.1, 0.15) is 23.0 Å². The first kappa shape index (κ1) is 51.8. The second kappa shape index (κ2) is 17.3. The summed E-state index contributed by atoms with van der Waals surface area (Å²) in [6, 6.07) is 17.3. The summed E-state index contributed by atoms with van der Waals surface area (Å²) < 4.78 is 5.74. The highest BCUT2D eigenvalue weighted by molar-refractivity contribution is 6.18. The van der Waals surface area contributed by atoms with Gasteiger partial charge in [-0.3, -0.25) is 33.3 Å². The van der Waals surface area contributed by atoms with Crippen molar-refractivity contribution in [2.75, 3.05) is 0 Å². The first-order chi connectivity index (χ1) is 32.8. The molecular weight excluding hydrogens is 925 g/mol. The predicted octanol–water partition coefficient (Wildman–Crippen LogP) is 6.96. The number of benzene rings is 8. The molecule has 0 aliphatic rings. The standard InChI is InChI=1S/C28H25NO6.C20H8O7.C8H19N.H2O/c1-27(2,3)12-28(4,5)29-25(34)17-10-15-16(11-18(17)26(29)35)24(33)20-19(23(15)32)21(30)13-8-6-7-9-14(13)22(20)31;21-15-7-3-1-2-4-8(7)16(22)14-13(15)17(23)9-5-11-12(6-10(9)18(14)24)20(26)27-19(11)25;1-7(2,3)6-8(4,5)9;/h6-11,32-33H,12H2,1-5H3;1-6,23-24H;6,9H2,1-5H3;1H2. The van der Waals surface area contributed by atoms with Gasteiger partial charge in [-0.2, -0.15) is 0 Å². The van der Waals surface area contributed by atoms with E-state index in [1.165, 1.54) is 53.1 Å². The van der Waals surface area contributed by atoms with Crippen molar-refractivity contribution in [3.63, 3.8) is 0 Å². The van der Waals surface area contributed by atoms with Crippen LogP contribution in [0.25, 0.3) is 86.2 Å². The highest BCUT2D eigenvalue weighted by Crippen LogP contribution is 2.42. The van der Waals surface area contributed by atoms with Gasteiger partial charge in [-0.05, 0) is 75.6 Å². The van der Waals surface area contributed by atoms with Gasteiger partial charge in [0.25, 0.3) is 11.1 Å². The number of hydrogen-bond acceptors (Lipinski definition) is 14. The first-order valence-corrected chi connectivity index (χ1v) is 22.8. The summed E-state index contributed by atoms with van der Waals surface area (Å²) in [5.41, 5.74) is -0.00896. The maximum absolute atomic E-state index is 13.4. The van der Waals surface area contributed by atoms with Crippen LogP contribution >= 0.6 is 0 Å². The van der Waals surface area contributed by atoms with E-state index in [4.69, 9.17) is 5.73 Å². The molecule has 0 bridgehead atoms. The second-order valence-corrected chi connectivity index (χ2v) is 22.1. The number of phenolic OH excluding ortho intramolecular Hbond substituents is 4. The lowest BCUT2D eigenvalue weighted by molar-refractivity contribution is 0.208. The Morgan fingerprint density at radius 1 is 0.417 bits per heavy atom. The molecule has 2 heterocycles. The van der Waals surface area contributed by atoms with Crippen LogP contribution < -0.4 is 49.8 Å². The molecule has 372 valence electrons. The number of hydrogen-bond donors (Lipinski definition) is 5. The fraction of sp³-hybridized carbons (Fsp3) is 0.286. The molecule has 0 spiro atoms. The SMILES string of the molecule is CC(C)(C)CC(C)(C)N.CC(C)(C)CC(C)(C)n1c(=O)c2cc3c(O)c4c(=O)c5ccccc5c(=O)c4c(O)c3cc2c1=O.O.O=c1oc(=O)c2cc3c(O)c4c(=O)c5ccccc5c(=O)c4c(O)c3cc12. The Bertz CT molecular complexity index is 4110. The van der Waals surface area contributed by atoms with E-state index in [0.717, 1.165) is 6.42 Å². The summed E-state index contributed by atoms with van der Waals surface area (Å²) >= 11 is 0. The van der Waals surface area contributed by atoms with Crippen molar-refractivity contribution in [2.45, 2.75) is 93.2 Å². The zero-order valence-electron chi connectivity index (χ0n) is 41.3. The maximum Gasteiger partial charge on any atom is 0.346 e. The molecule has 0 amide bonds. The molecule has 8 N–H and O–H groups in total. The van der Waals surface area contributed by atoms with E-state index in [1.54, 1.807) is 24.3 Å². The third-order valence-corrected chi connectivity index (χ3v) is 12.6. The average molecular weight is 979 g/mol. The lowest BCUT2D eigenvalue weighted by Crippen LogP contribution is -2.43. The van der Waals surface area contributed by atoms with E-state index in [2.05, 4.69) is 39.0 Å². The summed E-state index contributed by atoms with van der Waals surface area (Å²) in [5, 5.41) is 42.8. The lowest BCUT2D eigenvalue weighted by atomic mass is 9.81. The van der Waals surface area contributed by atoms with Crippen LogP contribution in [-0.4, -0.2) is 36.0 Å². The first-order valence-electron chi connectivity index (χ1n) is 22.8. The summed E-state index contributed by atoms with van der Waals surface area (Å²) in [4.78, 5) is 102. The fourth-order valence-corrected chi connectivity index (χ4v) is 10.7. The Kier molecular flexibility index (Phi) is 12.5. The quantitative estimate of drug-likeness (QED) is 0.0884. The van der Waals surface area contributed by atoms with Gasteiger partial charge in [0.05, 0.1) is 43.1 Å². The van der Waals surface area contributed by atoms with Crippen LogP contribution in [0.4, 0.5) is 0 Å². The van der Waals surface area contributed by atoms with Gasteiger partial charge < -0.3 is 36.1 Å². The number of aromatic nitrogens is 1. The summed E-state index contributed by atoms with van der Waals surface area (Å²) in [6.45, 7) is 20.5. The van der Waals surface area contributed by atoms with E-state index in [-0.39, 0.29) is 103 Å². The monoisotopic (exact) mass is 978 g/mol. The van der Waals surface area contributed by atoms with Crippen LogP contribution in [0.3, 0.4) is 0 Å². The normalized spacial score (nSPS) is 12.5. The maximum atomic E-state index is 13.4. The molecule has 8 aromatic carbocycles. The molecule has 0 fully saturated rings. The highest BCUT2D eigenvalue weighted by atomic mass is 16.4. The summed E-state index contributed by atoms with van der Waals surface area (Å²) in [5.74, 6) is -2.09. The number of phenols is 4. The summed E-state index contributed by atoms with van der Waals surface area (Å²) in [7, 11) is 0. The van der Waals surface area contributed by atoms with Gasteiger partial charge in [0.2, 0.25) is 0 Å². The van der Waals surface area contributed by atoms with E-state index >= 15 is 0 Å². The Balaban J connectivity index is 0.000000182. The van der Waals surface area contributed by atoms with Gasteiger partial charge >= 0.3 is 11.3 Å². The molecule has 16 nitrogen and oxygen atoms in total. The van der Waals surface area contributed by atoms with Crippen LogP contribution in [0.5, 0.6) is 23.0 Å². The Morgan fingerprint density at radius 3 is 0.917 bits per heavy atom. The van der Waals surface area contributed by atoms with Crippen molar-refractivity contribution >= 4 is 86.2 Å². The number of nitrogens with zero attached hydrogens (tertiary/aromatic N) is 1. The molecule has 16 heteroatoms. The average Bonchev–Trinajstić information content (AvgIpc) is 3.69. The van der Waals surface area contributed by atoms with Gasteiger partial charge in [-0.15, -0.1) is 0 Å². The van der Waals surface area contributed by atoms with Crippen molar-refractivity contribution in [1.29, 1.82) is 0 Å². The van der Waals surface area contributed by atoms with E-state index < -0.39 is 72.6 Å². The molecule has 0 atom stereocenters. The van der Waals surface area contributed by atoms with Crippen molar-refractivity contribution in [3.05, 3.63) is 155 Å². The number of rotatable bonds is 3. The molecular formula is C56H54N2O14. The number of fused-ring (bicyclic) bond motifs is 8.